The monoisotopic (exact) mass is 231 g/mol. The van der Waals surface area contributed by atoms with E-state index in [-0.39, 0.29) is 25.9 Å². The molecule has 0 aromatic rings. The normalized spacial score (nSPS) is 9.25. The van der Waals surface area contributed by atoms with Crippen LogP contribution in [0.2, 0.25) is 0 Å². The van der Waals surface area contributed by atoms with E-state index in [2.05, 4.69) is 10.6 Å². The Bertz CT molecular complexity index is 272. The molecule has 0 rings (SSSR count). The van der Waals surface area contributed by atoms with E-state index in [4.69, 9.17) is 10.8 Å². The molecular formula is C8H13N3O5. The Morgan fingerprint density at radius 1 is 0.938 bits per heavy atom. The molecule has 16 heavy (non-hydrogen) atoms. The molecule has 0 heterocycles. The molecule has 0 unspecified atom stereocenters. The summed E-state index contributed by atoms with van der Waals surface area (Å²) in [6.07, 6.45) is -0.493. The molecule has 0 fully saturated rings. The van der Waals surface area contributed by atoms with Crippen LogP contribution < -0.4 is 16.4 Å². The molecular weight excluding hydrogens is 218 g/mol. The van der Waals surface area contributed by atoms with Crippen molar-refractivity contribution in [3.63, 3.8) is 0 Å². The summed E-state index contributed by atoms with van der Waals surface area (Å²) >= 11 is 0. The summed E-state index contributed by atoms with van der Waals surface area (Å²) in [7, 11) is 0. The second-order valence-electron chi connectivity index (χ2n) is 2.91. The van der Waals surface area contributed by atoms with Crippen molar-refractivity contribution in [2.24, 2.45) is 5.73 Å². The van der Waals surface area contributed by atoms with Crippen molar-refractivity contribution in [3.05, 3.63) is 0 Å². The second kappa shape index (κ2) is 7.21. The highest BCUT2D eigenvalue weighted by molar-refractivity contribution is 5.88. The Morgan fingerprint density at radius 2 is 1.50 bits per heavy atom. The summed E-state index contributed by atoms with van der Waals surface area (Å²) in [5, 5.41) is 12.6. The number of aliphatic carboxylic acids is 1. The molecule has 0 aliphatic rings. The van der Waals surface area contributed by atoms with Crippen LogP contribution in [0.3, 0.4) is 0 Å². The topological polar surface area (TPSA) is 139 Å². The van der Waals surface area contributed by atoms with Crippen molar-refractivity contribution < 1.29 is 24.3 Å². The maximum Gasteiger partial charge on any atom is 0.303 e. The van der Waals surface area contributed by atoms with Gasteiger partial charge in [0.2, 0.25) is 17.7 Å². The molecule has 0 bridgehead atoms. The molecule has 0 atom stereocenters. The molecule has 0 saturated carbocycles. The number of hydrogen-bond donors (Lipinski definition) is 4. The van der Waals surface area contributed by atoms with E-state index in [0.29, 0.717) is 0 Å². The Morgan fingerprint density at radius 3 is 2.00 bits per heavy atom. The van der Waals surface area contributed by atoms with Crippen LogP contribution >= 0.6 is 0 Å². The number of amides is 3. The van der Waals surface area contributed by atoms with Gasteiger partial charge in [0.15, 0.2) is 0 Å². The standard InChI is InChI=1S/C8H13N3O5/c9-5(12)3-10-7(14)4-11-6(13)1-2-8(15)16/h1-4H2,(H2,9,12)(H,10,14)(H,11,13)(H,15,16). The first kappa shape index (κ1) is 13.9. The van der Waals surface area contributed by atoms with Crippen LogP contribution in [-0.4, -0.2) is 41.9 Å². The first-order valence-electron chi connectivity index (χ1n) is 4.45. The maximum absolute atomic E-state index is 10.9. The summed E-state index contributed by atoms with van der Waals surface area (Å²) in [5.41, 5.74) is 4.77. The van der Waals surface area contributed by atoms with Gasteiger partial charge < -0.3 is 21.5 Å². The molecule has 0 saturated heterocycles. The number of hydrogen-bond acceptors (Lipinski definition) is 4. The Labute approximate surface area is 91.2 Å². The van der Waals surface area contributed by atoms with E-state index >= 15 is 0 Å². The van der Waals surface area contributed by atoms with E-state index in [1.165, 1.54) is 0 Å². The predicted octanol–water partition coefficient (Wildman–Crippen LogP) is -2.43. The fourth-order valence-corrected chi connectivity index (χ4v) is 0.736. The van der Waals surface area contributed by atoms with Crippen molar-refractivity contribution in [2.45, 2.75) is 12.8 Å². The number of nitrogens with one attached hydrogen (secondary N) is 2. The van der Waals surface area contributed by atoms with Crippen LogP contribution in [-0.2, 0) is 19.2 Å². The van der Waals surface area contributed by atoms with Crippen LogP contribution in [0.15, 0.2) is 0 Å². The highest BCUT2D eigenvalue weighted by Crippen LogP contribution is 1.87. The average molecular weight is 231 g/mol. The van der Waals surface area contributed by atoms with E-state index < -0.39 is 23.7 Å². The van der Waals surface area contributed by atoms with Gasteiger partial charge in [-0.3, -0.25) is 19.2 Å². The number of primary amides is 1. The first-order valence-corrected chi connectivity index (χ1v) is 4.45. The summed E-state index contributed by atoms with van der Waals surface area (Å²) in [6.45, 7) is -0.616. The molecule has 8 heteroatoms. The summed E-state index contributed by atoms with van der Waals surface area (Å²) in [5.74, 6) is -2.89. The molecule has 0 aromatic carbocycles. The number of rotatable bonds is 7. The van der Waals surface area contributed by atoms with Gasteiger partial charge in [-0.1, -0.05) is 0 Å². The van der Waals surface area contributed by atoms with Gasteiger partial charge in [0.25, 0.3) is 0 Å². The number of carboxylic acid groups (broad SMARTS) is 1. The predicted molar refractivity (Wildman–Crippen MR) is 52.1 cm³/mol. The highest BCUT2D eigenvalue weighted by Gasteiger charge is 2.07. The Kier molecular flexibility index (Phi) is 6.25. The third-order valence-electron chi connectivity index (χ3n) is 1.47. The van der Waals surface area contributed by atoms with Crippen LogP contribution in [0.5, 0.6) is 0 Å². The minimum Gasteiger partial charge on any atom is -0.481 e. The lowest BCUT2D eigenvalue weighted by Gasteiger charge is -2.04. The van der Waals surface area contributed by atoms with Gasteiger partial charge in [-0.05, 0) is 0 Å². The third-order valence-corrected chi connectivity index (χ3v) is 1.47. The lowest BCUT2D eigenvalue weighted by Crippen LogP contribution is -2.40. The zero-order chi connectivity index (χ0) is 12.6. The van der Waals surface area contributed by atoms with E-state index in [0.717, 1.165) is 0 Å². The second-order valence-corrected chi connectivity index (χ2v) is 2.91. The fraction of sp³-hybridized carbons (Fsp3) is 0.500. The average Bonchev–Trinajstić information content (AvgIpc) is 2.20. The SMILES string of the molecule is NC(=O)CNC(=O)CNC(=O)CCC(=O)O. The Balaban J connectivity index is 3.63. The van der Waals surface area contributed by atoms with Gasteiger partial charge in [0.1, 0.15) is 0 Å². The fourth-order valence-electron chi connectivity index (χ4n) is 0.736. The van der Waals surface area contributed by atoms with Gasteiger partial charge in [-0.2, -0.15) is 0 Å². The van der Waals surface area contributed by atoms with Crippen LogP contribution in [0, 0.1) is 0 Å². The number of nitrogens with two attached hydrogens (primary N) is 1. The van der Waals surface area contributed by atoms with Crippen LogP contribution in [0.4, 0.5) is 0 Å². The molecule has 5 N–H and O–H groups in total. The minimum atomic E-state index is -1.09. The van der Waals surface area contributed by atoms with E-state index in [9.17, 15) is 19.2 Å². The van der Waals surface area contributed by atoms with Gasteiger partial charge >= 0.3 is 5.97 Å². The largest absolute Gasteiger partial charge is 0.481 e. The molecule has 3 amide bonds. The zero-order valence-electron chi connectivity index (χ0n) is 8.49. The summed E-state index contributed by atoms with van der Waals surface area (Å²) < 4.78 is 0. The molecule has 0 spiro atoms. The molecule has 0 aliphatic carbocycles. The highest BCUT2D eigenvalue weighted by atomic mass is 16.4. The van der Waals surface area contributed by atoms with Gasteiger partial charge in [-0.25, -0.2) is 0 Å². The van der Waals surface area contributed by atoms with E-state index in [1.54, 1.807) is 0 Å². The Hall–Kier alpha value is -2.12. The summed E-state index contributed by atoms with van der Waals surface area (Å²) in [4.78, 5) is 42.3. The minimum absolute atomic E-state index is 0.196. The molecule has 0 aliphatic heterocycles. The number of carboxylic acids is 1. The molecule has 0 radical (unpaired) electrons. The lowest BCUT2D eigenvalue weighted by atomic mass is 10.3. The van der Waals surface area contributed by atoms with Crippen molar-refractivity contribution >= 4 is 23.7 Å². The third kappa shape index (κ3) is 8.48. The van der Waals surface area contributed by atoms with E-state index in [1.807, 2.05) is 0 Å². The lowest BCUT2D eigenvalue weighted by molar-refractivity contribution is -0.138. The maximum atomic E-state index is 10.9. The first-order chi connectivity index (χ1) is 7.41. The van der Waals surface area contributed by atoms with Gasteiger partial charge in [-0.15, -0.1) is 0 Å². The number of carbonyl (C=O) groups excluding carboxylic acids is 3. The van der Waals surface area contributed by atoms with Crippen LogP contribution in [0.25, 0.3) is 0 Å². The molecule has 0 aromatic heterocycles. The van der Waals surface area contributed by atoms with Gasteiger partial charge in [0.05, 0.1) is 19.5 Å². The van der Waals surface area contributed by atoms with Crippen molar-refractivity contribution in [2.75, 3.05) is 13.1 Å². The smallest absolute Gasteiger partial charge is 0.303 e. The molecule has 90 valence electrons. The van der Waals surface area contributed by atoms with Crippen molar-refractivity contribution in [1.29, 1.82) is 0 Å². The zero-order valence-corrected chi connectivity index (χ0v) is 8.49. The summed E-state index contributed by atoms with van der Waals surface area (Å²) in [6, 6.07) is 0. The van der Waals surface area contributed by atoms with Gasteiger partial charge in [0, 0.05) is 6.42 Å². The molecule has 8 nitrogen and oxygen atoms in total. The van der Waals surface area contributed by atoms with Crippen molar-refractivity contribution in [1.82, 2.24) is 10.6 Å². The quantitative estimate of drug-likeness (QED) is 0.386. The van der Waals surface area contributed by atoms with Crippen LogP contribution in [0.1, 0.15) is 12.8 Å². The number of carbonyl (C=O) groups is 4. The van der Waals surface area contributed by atoms with Crippen molar-refractivity contribution in [3.8, 4) is 0 Å².